The highest BCUT2D eigenvalue weighted by atomic mass is 16.6. The normalized spacial score (nSPS) is 12.4. The average Bonchev–Trinajstić information content (AvgIpc) is 3.14. The quantitative estimate of drug-likeness (QED) is 0.0272. The Morgan fingerprint density at radius 2 is 0.827 bits per heavy atom. The molecule has 0 aliphatic heterocycles. The van der Waals surface area contributed by atoms with Gasteiger partial charge in [0.25, 0.3) is 0 Å². The molecule has 0 saturated carbocycles. The van der Waals surface area contributed by atoms with Crippen LogP contribution in [0.25, 0.3) is 0 Å². The van der Waals surface area contributed by atoms with Crippen LogP contribution in [0.15, 0.2) is 48.6 Å². The fourth-order valence-corrected chi connectivity index (χ4v) is 5.85. The first-order valence-corrected chi connectivity index (χ1v) is 21.6. The van der Waals surface area contributed by atoms with Crippen molar-refractivity contribution in [2.24, 2.45) is 0 Å². The molecule has 0 fully saturated rings. The van der Waals surface area contributed by atoms with Gasteiger partial charge in [-0.15, -0.1) is 0 Å². The lowest BCUT2D eigenvalue weighted by Gasteiger charge is -2.18. The molecule has 0 aromatic carbocycles. The van der Waals surface area contributed by atoms with Gasteiger partial charge in [-0.05, 0) is 57.8 Å². The fourth-order valence-electron chi connectivity index (χ4n) is 5.85. The third-order valence-electron chi connectivity index (χ3n) is 9.10. The van der Waals surface area contributed by atoms with Crippen molar-refractivity contribution in [3.8, 4) is 0 Å². The predicted molar refractivity (Wildman–Crippen MR) is 219 cm³/mol. The minimum Gasteiger partial charge on any atom is -0.462 e. The van der Waals surface area contributed by atoms with Crippen molar-refractivity contribution in [2.45, 2.75) is 213 Å². The molecule has 300 valence electrons. The SMILES string of the molecule is CC/C=C\C/C=C\C/C=C\CC(=O)OCC(COC(=O)CCCCCCCCC/C=C\CCCCCC)OC(=O)CCCCCCCCCCCC. The molecule has 0 rings (SSSR count). The number of ether oxygens (including phenoxy) is 3. The Bertz CT molecular complexity index is 933. The summed E-state index contributed by atoms with van der Waals surface area (Å²) in [5.41, 5.74) is 0. The van der Waals surface area contributed by atoms with Crippen LogP contribution >= 0.6 is 0 Å². The molecule has 0 aromatic rings. The average molecular weight is 729 g/mol. The van der Waals surface area contributed by atoms with Gasteiger partial charge >= 0.3 is 17.9 Å². The van der Waals surface area contributed by atoms with Crippen molar-refractivity contribution >= 4 is 17.9 Å². The molecule has 0 spiro atoms. The maximum Gasteiger partial charge on any atom is 0.309 e. The summed E-state index contributed by atoms with van der Waals surface area (Å²) in [5, 5.41) is 0. The zero-order chi connectivity index (χ0) is 38.0. The van der Waals surface area contributed by atoms with Crippen molar-refractivity contribution in [1.29, 1.82) is 0 Å². The van der Waals surface area contributed by atoms with Crippen molar-refractivity contribution in [3.63, 3.8) is 0 Å². The summed E-state index contributed by atoms with van der Waals surface area (Å²) in [6, 6.07) is 0. The number of unbranched alkanes of at least 4 members (excludes halogenated alkanes) is 20. The standard InChI is InChI=1S/C46H80O6/c1-4-7-10-13-16-19-21-22-23-24-25-28-30-33-36-39-45(48)51-42-43(41-50-44(47)38-35-32-29-26-18-15-12-9-6-3)52-46(49)40-37-34-31-27-20-17-14-11-8-5-2/h9,12,18-19,21,26,32,35,43H,4-8,10-11,13-17,20,22-25,27-31,33-34,36-42H2,1-3H3/b12-9-,21-19-,26-18-,35-32-. The number of esters is 3. The molecular weight excluding hydrogens is 649 g/mol. The molecule has 1 atom stereocenters. The first kappa shape index (κ1) is 49.4. The monoisotopic (exact) mass is 729 g/mol. The topological polar surface area (TPSA) is 78.9 Å². The molecule has 0 bridgehead atoms. The number of allylic oxidation sites excluding steroid dienone is 7. The maximum atomic E-state index is 12.6. The lowest BCUT2D eigenvalue weighted by atomic mass is 10.1. The van der Waals surface area contributed by atoms with Gasteiger partial charge in [0.2, 0.25) is 0 Å². The van der Waals surface area contributed by atoms with E-state index in [2.05, 4.69) is 57.2 Å². The van der Waals surface area contributed by atoms with Crippen LogP contribution in [-0.2, 0) is 28.6 Å². The Morgan fingerprint density at radius 3 is 1.35 bits per heavy atom. The molecule has 0 amide bonds. The Kier molecular flexibility index (Phi) is 39.1. The fraction of sp³-hybridized carbons (Fsp3) is 0.761. The molecule has 0 heterocycles. The van der Waals surface area contributed by atoms with Crippen LogP contribution < -0.4 is 0 Å². The third-order valence-corrected chi connectivity index (χ3v) is 9.10. The molecule has 0 saturated heterocycles. The zero-order valence-electron chi connectivity index (χ0n) is 34.1. The molecule has 0 aromatic heterocycles. The molecule has 0 aliphatic rings. The van der Waals surface area contributed by atoms with Gasteiger partial charge in [-0.1, -0.05) is 179 Å². The minimum atomic E-state index is -0.803. The van der Waals surface area contributed by atoms with E-state index in [1.807, 2.05) is 6.08 Å². The highest BCUT2D eigenvalue weighted by Crippen LogP contribution is 2.14. The molecule has 0 aliphatic carbocycles. The van der Waals surface area contributed by atoms with Crippen LogP contribution in [0.2, 0.25) is 0 Å². The van der Waals surface area contributed by atoms with Crippen molar-refractivity contribution in [3.05, 3.63) is 48.6 Å². The number of carbonyl (C=O) groups is 3. The summed E-state index contributed by atoms with van der Waals surface area (Å²) in [6.45, 7) is 6.38. The van der Waals surface area contributed by atoms with Crippen LogP contribution in [-0.4, -0.2) is 37.2 Å². The van der Waals surface area contributed by atoms with E-state index >= 15 is 0 Å². The van der Waals surface area contributed by atoms with Crippen LogP contribution in [0.1, 0.15) is 207 Å². The van der Waals surface area contributed by atoms with Crippen LogP contribution in [0, 0.1) is 0 Å². The van der Waals surface area contributed by atoms with Gasteiger partial charge in [0, 0.05) is 12.8 Å². The Hall–Kier alpha value is -2.63. The Labute approximate surface area is 320 Å². The highest BCUT2D eigenvalue weighted by Gasteiger charge is 2.19. The van der Waals surface area contributed by atoms with Gasteiger partial charge in [0.05, 0.1) is 6.42 Å². The summed E-state index contributed by atoms with van der Waals surface area (Å²) < 4.78 is 16.5. The molecule has 6 nitrogen and oxygen atoms in total. The summed E-state index contributed by atoms with van der Waals surface area (Å²) in [6.07, 6.45) is 47.0. The Balaban J connectivity index is 4.40. The molecule has 6 heteroatoms. The number of hydrogen-bond acceptors (Lipinski definition) is 6. The highest BCUT2D eigenvalue weighted by molar-refractivity contribution is 5.72. The second-order valence-electron chi connectivity index (χ2n) is 14.2. The van der Waals surface area contributed by atoms with E-state index in [-0.39, 0.29) is 31.6 Å². The Morgan fingerprint density at radius 1 is 0.423 bits per heavy atom. The van der Waals surface area contributed by atoms with E-state index in [1.54, 1.807) is 6.08 Å². The minimum absolute atomic E-state index is 0.101. The van der Waals surface area contributed by atoms with Crippen molar-refractivity contribution in [1.82, 2.24) is 0 Å². The smallest absolute Gasteiger partial charge is 0.309 e. The third kappa shape index (κ3) is 38.6. The summed E-state index contributed by atoms with van der Waals surface area (Å²) in [5.74, 6) is -1.04. The molecule has 0 radical (unpaired) electrons. The number of rotatable bonds is 38. The van der Waals surface area contributed by atoms with Crippen LogP contribution in [0.4, 0.5) is 0 Å². The van der Waals surface area contributed by atoms with Gasteiger partial charge in [-0.2, -0.15) is 0 Å². The van der Waals surface area contributed by atoms with E-state index in [0.29, 0.717) is 12.8 Å². The van der Waals surface area contributed by atoms with E-state index in [1.165, 1.54) is 109 Å². The zero-order valence-corrected chi connectivity index (χ0v) is 34.1. The second kappa shape index (κ2) is 41.1. The molecule has 52 heavy (non-hydrogen) atoms. The van der Waals surface area contributed by atoms with Crippen LogP contribution in [0.3, 0.4) is 0 Å². The first-order chi connectivity index (χ1) is 25.5. The first-order valence-electron chi connectivity index (χ1n) is 21.6. The predicted octanol–water partition coefficient (Wildman–Crippen LogP) is 13.6. The van der Waals surface area contributed by atoms with Gasteiger partial charge in [0.15, 0.2) is 6.10 Å². The lowest BCUT2D eigenvalue weighted by Crippen LogP contribution is -2.30. The van der Waals surface area contributed by atoms with E-state index < -0.39 is 12.1 Å². The molecule has 0 N–H and O–H groups in total. The number of carbonyl (C=O) groups excluding carboxylic acids is 3. The van der Waals surface area contributed by atoms with Gasteiger partial charge in [-0.3, -0.25) is 14.4 Å². The number of hydrogen-bond donors (Lipinski definition) is 0. The summed E-state index contributed by atoms with van der Waals surface area (Å²) in [7, 11) is 0. The summed E-state index contributed by atoms with van der Waals surface area (Å²) >= 11 is 0. The van der Waals surface area contributed by atoms with E-state index in [4.69, 9.17) is 14.2 Å². The largest absolute Gasteiger partial charge is 0.462 e. The lowest BCUT2D eigenvalue weighted by molar-refractivity contribution is -0.166. The van der Waals surface area contributed by atoms with E-state index in [9.17, 15) is 14.4 Å². The molecular formula is C46H80O6. The maximum absolute atomic E-state index is 12.6. The second-order valence-corrected chi connectivity index (χ2v) is 14.2. The van der Waals surface area contributed by atoms with Crippen LogP contribution in [0.5, 0.6) is 0 Å². The van der Waals surface area contributed by atoms with E-state index in [0.717, 1.165) is 57.8 Å². The van der Waals surface area contributed by atoms with Gasteiger partial charge in [0.1, 0.15) is 13.2 Å². The van der Waals surface area contributed by atoms with Gasteiger partial charge < -0.3 is 14.2 Å². The van der Waals surface area contributed by atoms with Crippen molar-refractivity contribution in [2.75, 3.05) is 13.2 Å². The van der Waals surface area contributed by atoms with Gasteiger partial charge in [-0.25, -0.2) is 0 Å². The molecule has 1 unspecified atom stereocenters. The van der Waals surface area contributed by atoms with Crippen molar-refractivity contribution < 1.29 is 28.6 Å². The summed E-state index contributed by atoms with van der Waals surface area (Å²) in [4.78, 5) is 37.5.